The van der Waals surface area contributed by atoms with Gasteiger partial charge in [0.15, 0.2) is 6.61 Å². The van der Waals surface area contributed by atoms with Gasteiger partial charge < -0.3 is 19.1 Å². The fourth-order valence-corrected chi connectivity index (χ4v) is 3.18. The van der Waals surface area contributed by atoms with Gasteiger partial charge in [0.25, 0.3) is 5.91 Å². The highest BCUT2D eigenvalue weighted by Gasteiger charge is 2.36. The number of nitrogens with one attached hydrogen (secondary N) is 2. The number of hydrogen-bond donors (Lipinski definition) is 2. The number of ether oxygens (including phenoxy) is 3. The number of nitrogens with zero attached hydrogens (tertiary/aromatic N) is 1. The minimum absolute atomic E-state index is 0.0246. The molecule has 0 radical (unpaired) electrons. The second-order valence-electron chi connectivity index (χ2n) is 7.08. The zero-order valence-electron chi connectivity index (χ0n) is 17.6. The standard InChI is InChI=1S/C22H25N3O6/c1-14-4-6-16(7-5-14)31-13-20(26)23-24-22(28)15-10-21(27)25(12-15)18-9-8-17(29-2)11-19(18)30-3/h4-9,11,15H,10,12-13H2,1-3H3,(H,23,26)(H,24,28)/t15-/m0/s1. The molecule has 2 N–H and O–H groups in total. The Labute approximate surface area is 180 Å². The van der Waals surface area contributed by atoms with Crippen LogP contribution in [0.5, 0.6) is 17.2 Å². The molecule has 0 spiro atoms. The monoisotopic (exact) mass is 427 g/mol. The average Bonchev–Trinajstić information content (AvgIpc) is 3.17. The maximum atomic E-state index is 12.5. The lowest BCUT2D eigenvalue weighted by Crippen LogP contribution is -2.46. The molecule has 3 rings (SSSR count). The molecule has 9 nitrogen and oxygen atoms in total. The first-order valence-electron chi connectivity index (χ1n) is 9.72. The molecule has 1 heterocycles. The minimum atomic E-state index is -0.613. The Hall–Kier alpha value is -3.75. The van der Waals surface area contributed by atoms with E-state index in [1.54, 1.807) is 30.3 Å². The first kappa shape index (κ1) is 21.9. The van der Waals surface area contributed by atoms with E-state index in [2.05, 4.69) is 10.9 Å². The van der Waals surface area contributed by atoms with Crippen molar-refractivity contribution in [3.63, 3.8) is 0 Å². The zero-order valence-corrected chi connectivity index (χ0v) is 17.6. The minimum Gasteiger partial charge on any atom is -0.497 e. The molecule has 0 unspecified atom stereocenters. The van der Waals surface area contributed by atoms with Crippen LogP contribution in [0.15, 0.2) is 42.5 Å². The van der Waals surface area contributed by atoms with Gasteiger partial charge >= 0.3 is 0 Å². The van der Waals surface area contributed by atoms with Crippen molar-refractivity contribution in [1.29, 1.82) is 0 Å². The van der Waals surface area contributed by atoms with Crippen molar-refractivity contribution in [1.82, 2.24) is 10.9 Å². The number of hydrogen-bond acceptors (Lipinski definition) is 6. The molecule has 9 heteroatoms. The van der Waals surface area contributed by atoms with Gasteiger partial charge in [-0.3, -0.25) is 25.2 Å². The van der Waals surface area contributed by atoms with Crippen molar-refractivity contribution in [3.8, 4) is 17.2 Å². The van der Waals surface area contributed by atoms with Crippen LogP contribution in [-0.4, -0.2) is 45.1 Å². The van der Waals surface area contributed by atoms with E-state index >= 15 is 0 Å². The van der Waals surface area contributed by atoms with E-state index in [4.69, 9.17) is 14.2 Å². The van der Waals surface area contributed by atoms with Gasteiger partial charge in [-0.2, -0.15) is 0 Å². The molecule has 164 valence electrons. The van der Waals surface area contributed by atoms with Crippen molar-refractivity contribution < 1.29 is 28.6 Å². The smallest absolute Gasteiger partial charge is 0.276 e. The van der Waals surface area contributed by atoms with E-state index in [1.165, 1.54) is 19.1 Å². The van der Waals surface area contributed by atoms with Crippen LogP contribution < -0.4 is 30.0 Å². The first-order valence-corrected chi connectivity index (χ1v) is 9.72. The van der Waals surface area contributed by atoms with Gasteiger partial charge in [-0.1, -0.05) is 17.7 Å². The zero-order chi connectivity index (χ0) is 22.4. The summed E-state index contributed by atoms with van der Waals surface area (Å²) in [5.41, 5.74) is 6.31. The molecule has 0 saturated carbocycles. The van der Waals surface area contributed by atoms with Gasteiger partial charge in [-0.25, -0.2) is 0 Å². The summed E-state index contributed by atoms with van der Waals surface area (Å²) in [6.07, 6.45) is 0.0246. The molecule has 0 aliphatic carbocycles. The SMILES string of the molecule is COc1ccc(N2C[C@@H](C(=O)NNC(=O)COc3ccc(C)cc3)CC2=O)c(OC)c1. The molecule has 1 atom stereocenters. The predicted molar refractivity (Wildman–Crippen MR) is 113 cm³/mol. The Balaban J connectivity index is 1.52. The Kier molecular flexibility index (Phi) is 6.96. The van der Waals surface area contributed by atoms with Crippen molar-refractivity contribution >= 4 is 23.4 Å². The second kappa shape index (κ2) is 9.84. The number of carbonyl (C=O) groups is 3. The average molecular weight is 427 g/mol. The predicted octanol–water partition coefficient (Wildman–Crippen LogP) is 1.59. The highest BCUT2D eigenvalue weighted by molar-refractivity contribution is 6.01. The Bertz CT molecular complexity index is 960. The highest BCUT2D eigenvalue weighted by atomic mass is 16.5. The summed E-state index contributed by atoms with van der Waals surface area (Å²) in [6, 6.07) is 12.4. The number of hydrazine groups is 1. The number of rotatable bonds is 7. The topological polar surface area (TPSA) is 106 Å². The van der Waals surface area contributed by atoms with Crippen LogP contribution in [0.4, 0.5) is 5.69 Å². The van der Waals surface area contributed by atoms with E-state index in [1.807, 2.05) is 19.1 Å². The summed E-state index contributed by atoms with van der Waals surface area (Å²) < 4.78 is 15.9. The van der Waals surface area contributed by atoms with E-state index in [-0.39, 0.29) is 25.5 Å². The van der Waals surface area contributed by atoms with Gasteiger partial charge in [0.2, 0.25) is 11.8 Å². The number of anilines is 1. The Morgan fingerprint density at radius 1 is 1.03 bits per heavy atom. The largest absolute Gasteiger partial charge is 0.497 e. The van der Waals surface area contributed by atoms with Crippen LogP contribution in [0.3, 0.4) is 0 Å². The third kappa shape index (κ3) is 5.44. The summed E-state index contributed by atoms with van der Waals surface area (Å²) in [5, 5.41) is 0. The van der Waals surface area contributed by atoms with E-state index in [0.717, 1.165) is 5.56 Å². The number of methoxy groups -OCH3 is 2. The van der Waals surface area contributed by atoms with Crippen molar-refractivity contribution in [2.24, 2.45) is 5.92 Å². The third-order valence-corrected chi connectivity index (χ3v) is 4.89. The number of benzene rings is 2. The summed E-state index contributed by atoms with van der Waals surface area (Å²) in [5.74, 6) is -0.167. The molecule has 31 heavy (non-hydrogen) atoms. The summed E-state index contributed by atoms with van der Waals surface area (Å²) in [7, 11) is 3.03. The molecular weight excluding hydrogens is 402 g/mol. The lowest BCUT2D eigenvalue weighted by atomic mass is 10.1. The summed E-state index contributed by atoms with van der Waals surface area (Å²) >= 11 is 0. The molecular formula is C22H25N3O6. The van der Waals surface area contributed by atoms with Crippen LogP contribution in [0.1, 0.15) is 12.0 Å². The molecule has 2 aromatic rings. The molecule has 1 fully saturated rings. The maximum absolute atomic E-state index is 12.5. The number of amides is 3. The van der Waals surface area contributed by atoms with Crippen LogP contribution in [0.25, 0.3) is 0 Å². The van der Waals surface area contributed by atoms with Crippen LogP contribution in [-0.2, 0) is 14.4 Å². The normalized spacial score (nSPS) is 15.4. The molecule has 0 bridgehead atoms. The van der Waals surface area contributed by atoms with Crippen LogP contribution in [0, 0.1) is 12.8 Å². The third-order valence-electron chi connectivity index (χ3n) is 4.89. The number of aryl methyl sites for hydroxylation is 1. The molecule has 3 amide bonds. The quantitative estimate of drug-likeness (QED) is 0.650. The van der Waals surface area contributed by atoms with Crippen molar-refractivity contribution in [2.75, 3.05) is 32.3 Å². The lowest BCUT2D eigenvalue weighted by Gasteiger charge is -2.20. The van der Waals surface area contributed by atoms with E-state index < -0.39 is 17.7 Å². The molecule has 1 aliphatic rings. The number of carbonyl (C=O) groups excluding carboxylic acids is 3. The first-order chi connectivity index (χ1) is 14.9. The second-order valence-corrected chi connectivity index (χ2v) is 7.08. The fraction of sp³-hybridized carbons (Fsp3) is 0.318. The van der Waals surface area contributed by atoms with Gasteiger partial charge in [0.1, 0.15) is 17.2 Å². The Morgan fingerprint density at radius 3 is 2.42 bits per heavy atom. The summed E-state index contributed by atoms with van der Waals surface area (Å²) in [4.78, 5) is 38.4. The highest BCUT2D eigenvalue weighted by Crippen LogP contribution is 2.35. The fourth-order valence-electron chi connectivity index (χ4n) is 3.18. The molecule has 0 aromatic heterocycles. The molecule has 2 aromatic carbocycles. The Morgan fingerprint density at radius 2 is 1.74 bits per heavy atom. The summed E-state index contributed by atoms with van der Waals surface area (Å²) in [6.45, 7) is 1.87. The van der Waals surface area contributed by atoms with E-state index in [9.17, 15) is 14.4 Å². The van der Waals surface area contributed by atoms with Gasteiger partial charge in [-0.05, 0) is 31.2 Å². The van der Waals surface area contributed by atoms with Gasteiger partial charge in [-0.15, -0.1) is 0 Å². The van der Waals surface area contributed by atoms with Crippen LogP contribution >= 0.6 is 0 Å². The molecule has 1 aliphatic heterocycles. The van der Waals surface area contributed by atoms with Crippen molar-refractivity contribution in [3.05, 3.63) is 48.0 Å². The maximum Gasteiger partial charge on any atom is 0.276 e. The van der Waals surface area contributed by atoms with Crippen LogP contribution in [0.2, 0.25) is 0 Å². The lowest BCUT2D eigenvalue weighted by molar-refractivity contribution is -0.132. The molecule has 1 saturated heterocycles. The van der Waals surface area contributed by atoms with Gasteiger partial charge in [0.05, 0.1) is 25.8 Å². The van der Waals surface area contributed by atoms with Crippen molar-refractivity contribution in [2.45, 2.75) is 13.3 Å². The van der Waals surface area contributed by atoms with Gasteiger partial charge in [0, 0.05) is 19.0 Å². The van der Waals surface area contributed by atoms with E-state index in [0.29, 0.717) is 22.9 Å².